The predicted octanol–water partition coefficient (Wildman–Crippen LogP) is 1.96. The van der Waals surface area contributed by atoms with E-state index in [-0.39, 0.29) is 11.4 Å². The van der Waals surface area contributed by atoms with Gasteiger partial charge in [-0.05, 0) is 18.2 Å². The third kappa shape index (κ3) is 2.34. The van der Waals surface area contributed by atoms with Crippen molar-refractivity contribution in [2.45, 2.75) is 0 Å². The molecular weight excluding hydrogens is 292 g/mol. The molecule has 0 aliphatic heterocycles. The molecular formula is C16H12N6O. The summed E-state index contributed by atoms with van der Waals surface area (Å²) in [6.45, 7) is 0. The Labute approximate surface area is 130 Å². The Hall–Kier alpha value is -3.48. The highest BCUT2D eigenvalue weighted by molar-refractivity contribution is 5.80. The summed E-state index contributed by atoms with van der Waals surface area (Å²) < 4.78 is 0. The van der Waals surface area contributed by atoms with Crippen LogP contribution >= 0.6 is 0 Å². The molecule has 0 aliphatic carbocycles. The zero-order chi connectivity index (χ0) is 15.8. The highest BCUT2D eigenvalue weighted by Gasteiger charge is 2.13. The Morgan fingerprint density at radius 2 is 1.91 bits per heavy atom. The van der Waals surface area contributed by atoms with Gasteiger partial charge in [0.1, 0.15) is 5.69 Å². The van der Waals surface area contributed by atoms with E-state index in [1.165, 1.54) is 6.07 Å². The van der Waals surface area contributed by atoms with E-state index < -0.39 is 0 Å². The molecule has 0 saturated heterocycles. The van der Waals surface area contributed by atoms with E-state index in [4.69, 9.17) is 5.73 Å². The largest absolute Gasteiger partial charge is 0.382 e. The van der Waals surface area contributed by atoms with Gasteiger partial charge in [-0.1, -0.05) is 12.1 Å². The number of para-hydroxylation sites is 2. The molecule has 0 spiro atoms. The SMILES string of the molecule is Nc1ncc(-c2ccc(=O)[nH]c2)nc1-c1nc2ccccc2[nH]1. The number of nitrogens with two attached hydrogens (primary N) is 1. The van der Waals surface area contributed by atoms with Crippen molar-refractivity contribution in [3.63, 3.8) is 0 Å². The number of H-pyrrole nitrogens is 2. The molecule has 4 rings (SSSR count). The van der Waals surface area contributed by atoms with Crippen LogP contribution in [0.15, 0.2) is 53.6 Å². The second-order valence-corrected chi connectivity index (χ2v) is 5.03. The molecule has 3 heterocycles. The van der Waals surface area contributed by atoms with Gasteiger partial charge in [0, 0.05) is 17.8 Å². The number of aromatic amines is 2. The maximum absolute atomic E-state index is 11.2. The molecule has 0 fully saturated rings. The van der Waals surface area contributed by atoms with E-state index >= 15 is 0 Å². The third-order valence-corrected chi connectivity index (χ3v) is 3.49. The number of imidazole rings is 1. The van der Waals surface area contributed by atoms with Gasteiger partial charge in [0.05, 0.1) is 22.9 Å². The molecule has 112 valence electrons. The topological polar surface area (TPSA) is 113 Å². The Morgan fingerprint density at radius 3 is 2.70 bits per heavy atom. The Bertz CT molecular complexity index is 1010. The average molecular weight is 304 g/mol. The number of fused-ring (bicyclic) bond motifs is 1. The van der Waals surface area contributed by atoms with Gasteiger partial charge < -0.3 is 15.7 Å². The van der Waals surface area contributed by atoms with Crippen molar-refractivity contribution in [1.29, 1.82) is 0 Å². The monoisotopic (exact) mass is 304 g/mol. The smallest absolute Gasteiger partial charge is 0.247 e. The van der Waals surface area contributed by atoms with Gasteiger partial charge in [0.15, 0.2) is 11.6 Å². The summed E-state index contributed by atoms with van der Waals surface area (Å²) in [5, 5.41) is 0. The Balaban J connectivity index is 1.86. The van der Waals surface area contributed by atoms with Crippen molar-refractivity contribution in [2.75, 3.05) is 5.73 Å². The summed E-state index contributed by atoms with van der Waals surface area (Å²) >= 11 is 0. The third-order valence-electron chi connectivity index (χ3n) is 3.49. The number of nitrogens with zero attached hydrogens (tertiary/aromatic N) is 3. The van der Waals surface area contributed by atoms with E-state index in [1.54, 1.807) is 18.5 Å². The number of rotatable bonds is 2. The lowest BCUT2D eigenvalue weighted by Crippen LogP contribution is -2.03. The number of hydrogen-bond acceptors (Lipinski definition) is 5. The summed E-state index contributed by atoms with van der Waals surface area (Å²) in [6.07, 6.45) is 3.15. The van der Waals surface area contributed by atoms with Crippen molar-refractivity contribution in [3.8, 4) is 22.8 Å². The van der Waals surface area contributed by atoms with Crippen LogP contribution in [0, 0.1) is 0 Å². The van der Waals surface area contributed by atoms with Crippen LogP contribution in [0.4, 0.5) is 5.82 Å². The van der Waals surface area contributed by atoms with Crippen LogP contribution in [-0.4, -0.2) is 24.9 Å². The van der Waals surface area contributed by atoms with Gasteiger partial charge in [-0.2, -0.15) is 0 Å². The predicted molar refractivity (Wildman–Crippen MR) is 87.6 cm³/mol. The van der Waals surface area contributed by atoms with Crippen LogP contribution in [0.25, 0.3) is 33.8 Å². The normalized spacial score (nSPS) is 11.0. The van der Waals surface area contributed by atoms with E-state index in [0.717, 1.165) is 16.6 Å². The van der Waals surface area contributed by atoms with E-state index in [2.05, 4.69) is 24.9 Å². The van der Waals surface area contributed by atoms with Crippen molar-refractivity contribution in [3.05, 3.63) is 59.1 Å². The number of pyridine rings is 1. The molecule has 0 bridgehead atoms. The fourth-order valence-corrected chi connectivity index (χ4v) is 2.35. The minimum absolute atomic E-state index is 0.172. The highest BCUT2D eigenvalue weighted by atomic mass is 16.1. The molecule has 3 aromatic heterocycles. The Morgan fingerprint density at radius 1 is 1.04 bits per heavy atom. The first kappa shape index (κ1) is 13.2. The number of hydrogen-bond donors (Lipinski definition) is 3. The number of anilines is 1. The molecule has 7 nitrogen and oxygen atoms in total. The maximum Gasteiger partial charge on any atom is 0.247 e. The van der Waals surface area contributed by atoms with Crippen LogP contribution in [-0.2, 0) is 0 Å². The first-order chi connectivity index (χ1) is 11.2. The quantitative estimate of drug-likeness (QED) is 0.524. The molecule has 0 saturated carbocycles. The summed E-state index contributed by atoms with van der Waals surface area (Å²) in [4.78, 5) is 30.2. The number of nitrogen functional groups attached to an aromatic ring is 1. The lowest BCUT2D eigenvalue weighted by Gasteiger charge is -2.04. The zero-order valence-corrected chi connectivity index (χ0v) is 11.9. The van der Waals surface area contributed by atoms with Gasteiger partial charge in [-0.25, -0.2) is 15.0 Å². The van der Waals surface area contributed by atoms with Gasteiger partial charge in [0.25, 0.3) is 0 Å². The fraction of sp³-hybridized carbons (Fsp3) is 0. The van der Waals surface area contributed by atoms with Crippen molar-refractivity contribution in [2.24, 2.45) is 0 Å². The van der Waals surface area contributed by atoms with E-state index in [9.17, 15) is 4.79 Å². The molecule has 0 unspecified atom stereocenters. The highest BCUT2D eigenvalue weighted by Crippen LogP contribution is 2.25. The van der Waals surface area contributed by atoms with Crippen LogP contribution in [0.1, 0.15) is 0 Å². The minimum Gasteiger partial charge on any atom is -0.382 e. The summed E-state index contributed by atoms with van der Waals surface area (Å²) in [5.41, 5.74) is 9.34. The maximum atomic E-state index is 11.2. The van der Waals surface area contributed by atoms with Crippen molar-refractivity contribution in [1.82, 2.24) is 24.9 Å². The molecule has 0 amide bonds. The van der Waals surface area contributed by atoms with Crippen LogP contribution in [0.3, 0.4) is 0 Å². The van der Waals surface area contributed by atoms with Gasteiger partial charge in [0.2, 0.25) is 5.56 Å². The second kappa shape index (κ2) is 5.06. The molecule has 23 heavy (non-hydrogen) atoms. The first-order valence-electron chi connectivity index (χ1n) is 6.97. The van der Waals surface area contributed by atoms with Crippen LogP contribution < -0.4 is 11.3 Å². The second-order valence-electron chi connectivity index (χ2n) is 5.03. The first-order valence-corrected chi connectivity index (χ1v) is 6.97. The Kier molecular flexibility index (Phi) is 2.90. The van der Waals surface area contributed by atoms with Crippen molar-refractivity contribution < 1.29 is 0 Å². The molecule has 7 heteroatoms. The number of aromatic nitrogens is 5. The molecule has 0 atom stereocenters. The lowest BCUT2D eigenvalue weighted by atomic mass is 10.2. The summed E-state index contributed by atoms with van der Waals surface area (Å²) in [6, 6.07) is 10.8. The van der Waals surface area contributed by atoms with Crippen LogP contribution in [0.5, 0.6) is 0 Å². The van der Waals surface area contributed by atoms with Crippen molar-refractivity contribution >= 4 is 16.9 Å². The zero-order valence-electron chi connectivity index (χ0n) is 11.9. The molecule has 1 aromatic carbocycles. The molecule has 4 aromatic rings. The molecule has 4 N–H and O–H groups in total. The minimum atomic E-state index is -0.172. The average Bonchev–Trinajstić information content (AvgIpc) is 3.00. The fourth-order valence-electron chi connectivity index (χ4n) is 2.35. The number of benzene rings is 1. The summed E-state index contributed by atoms with van der Waals surface area (Å²) in [5.74, 6) is 0.847. The van der Waals surface area contributed by atoms with Crippen LogP contribution in [0.2, 0.25) is 0 Å². The van der Waals surface area contributed by atoms with Gasteiger partial charge in [-0.15, -0.1) is 0 Å². The van der Waals surface area contributed by atoms with E-state index in [0.29, 0.717) is 17.2 Å². The molecule has 0 aliphatic rings. The lowest BCUT2D eigenvalue weighted by molar-refractivity contribution is 1.16. The van der Waals surface area contributed by atoms with Gasteiger partial charge >= 0.3 is 0 Å². The van der Waals surface area contributed by atoms with E-state index in [1.807, 2.05) is 24.3 Å². The number of nitrogens with one attached hydrogen (secondary N) is 2. The molecule has 0 radical (unpaired) electrons. The standard InChI is InChI=1S/C16H12N6O/c17-15-14(16-21-10-3-1-2-4-11(10)22-16)20-12(8-19-15)9-5-6-13(23)18-7-9/h1-8H,(H2,17,19)(H,18,23)(H,21,22). The van der Waals surface area contributed by atoms with Gasteiger partial charge in [-0.3, -0.25) is 4.79 Å². The summed E-state index contributed by atoms with van der Waals surface area (Å²) in [7, 11) is 0.